The summed E-state index contributed by atoms with van der Waals surface area (Å²) in [5, 5.41) is 0. The van der Waals surface area contributed by atoms with Gasteiger partial charge in [-0.25, -0.2) is 0 Å². The molecule has 0 saturated carbocycles. The third kappa shape index (κ3) is 4.75. The van der Waals surface area contributed by atoms with Gasteiger partial charge in [-0.2, -0.15) is 0 Å². The van der Waals surface area contributed by atoms with Gasteiger partial charge in [-0.15, -0.1) is 0 Å². The van der Waals surface area contributed by atoms with Gasteiger partial charge in [0.1, 0.15) is 5.75 Å². The number of hydrogen-bond donors (Lipinski definition) is 0. The van der Waals surface area contributed by atoms with Crippen molar-refractivity contribution < 1.29 is 9.53 Å². The Morgan fingerprint density at radius 2 is 1.64 bits per heavy atom. The standard InChI is InChI=1S/C21H26N2O2/c1-2-18-8-10-19(11-9-18)22-13-15-23(16-14-22)21(24)12-17-25-20-6-4-3-5-7-20/h3-11H,2,12-17H2,1H3. The van der Waals surface area contributed by atoms with Crippen LogP contribution in [0, 0.1) is 0 Å². The summed E-state index contributed by atoms with van der Waals surface area (Å²) in [7, 11) is 0. The summed E-state index contributed by atoms with van der Waals surface area (Å²) in [6, 6.07) is 18.4. The second kappa shape index (κ2) is 8.56. The van der Waals surface area contributed by atoms with E-state index < -0.39 is 0 Å². The highest BCUT2D eigenvalue weighted by Gasteiger charge is 2.21. The van der Waals surface area contributed by atoms with Gasteiger partial charge < -0.3 is 14.5 Å². The number of rotatable bonds is 6. The molecule has 0 aromatic heterocycles. The van der Waals surface area contributed by atoms with Crippen molar-refractivity contribution in [3.8, 4) is 5.75 Å². The molecule has 132 valence electrons. The van der Waals surface area contributed by atoms with Crippen LogP contribution in [0.25, 0.3) is 0 Å². The van der Waals surface area contributed by atoms with Crippen molar-refractivity contribution in [1.82, 2.24) is 4.90 Å². The van der Waals surface area contributed by atoms with Gasteiger partial charge in [-0.1, -0.05) is 37.3 Å². The van der Waals surface area contributed by atoms with Gasteiger partial charge in [0, 0.05) is 31.9 Å². The zero-order chi connectivity index (χ0) is 17.5. The molecule has 2 aromatic carbocycles. The van der Waals surface area contributed by atoms with E-state index in [4.69, 9.17) is 4.74 Å². The first-order valence-electron chi connectivity index (χ1n) is 9.06. The minimum absolute atomic E-state index is 0.178. The first-order chi connectivity index (χ1) is 12.3. The normalized spacial score (nSPS) is 14.4. The number of ether oxygens (including phenoxy) is 1. The lowest BCUT2D eigenvalue weighted by atomic mass is 10.1. The summed E-state index contributed by atoms with van der Waals surface area (Å²) in [6.07, 6.45) is 1.49. The molecule has 0 N–H and O–H groups in total. The van der Waals surface area contributed by atoms with Crippen LogP contribution in [0.15, 0.2) is 54.6 Å². The molecule has 0 unspecified atom stereocenters. The zero-order valence-electron chi connectivity index (χ0n) is 14.9. The van der Waals surface area contributed by atoms with Gasteiger partial charge in [0.25, 0.3) is 0 Å². The monoisotopic (exact) mass is 338 g/mol. The Morgan fingerprint density at radius 1 is 0.960 bits per heavy atom. The Balaban J connectivity index is 1.42. The first kappa shape index (κ1) is 17.3. The lowest BCUT2D eigenvalue weighted by Crippen LogP contribution is -2.49. The summed E-state index contributed by atoms with van der Waals surface area (Å²) in [5.41, 5.74) is 2.60. The minimum atomic E-state index is 0.178. The maximum Gasteiger partial charge on any atom is 0.226 e. The molecule has 0 atom stereocenters. The van der Waals surface area contributed by atoms with Crippen molar-refractivity contribution in [1.29, 1.82) is 0 Å². The van der Waals surface area contributed by atoms with Crippen LogP contribution in [0.1, 0.15) is 18.9 Å². The van der Waals surface area contributed by atoms with Crippen LogP contribution in [0.3, 0.4) is 0 Å². The third-order valence-electron chi connectivity index (χ3n) is 4.67. The summed E-state index contributed by atoms with van der Waals surface area (Å²) >= 11 is 0. The van der Waals surface area contributed by atoms with E-state index >= 15 is 0 Å². The molecule has 1 heterocycles. The molecule has 1 saturated heterocycles. The molecule has 25 heavy (non-hydrogen) atoms. The number of anilines is 1. The Hall–Kier alpha value is -2.49. The molecule has 2 aromatic rings. The molecule has 1 fully saturated rings. The number of hydrogen-bond acceptors (Lipinski definition) is 3. The average molecular weight is 338 g/mol. The van der Waals surface area contributed by atoms with Crippen LogP contribution in [-0.4, -0.2) is 43.6 Å². The topological polar surface area (TPSA) is 32.8 Å². The van der Waals surface area contributed by atoms with Gasteiger partial charge in [0.2, 0.25) is 5.91 Å². The van der Waals surface area contributed by atoms with Gasteiger partial charge in [0.05, 0.1) is 13.0 Å². The van der Waals surface area contributed by atoms with Crippen LogP contribution >= 0.6 is 0 Å². The van der Waals surface area contributed by atoms with Crippen LogP contribution in [-0.2, 0) is 11.2 Å². The molecule has 1 amide bonds. The van der Waals surface area contributed by atoms with Crippen LogP contribution < -0.4 is 9.64 Å². The lowest BCUT2D eigenvalue weighted by molar-refractivity contribution is -0.132. The van der Waals surface area contributed by atoms with Crippen molar-refractivity contribution in [2.24, 2.45) is 0 Å². The average Bonchev–Trinajstić information content (AvgIpc) is 2.69. The van der Waals surface area contributed by atoms with E-state index in [0.717, 1.165) is 38.3 Å². The number of nitrogens with zero attached hydrogens (tertiary/aromatic N) is 2. The largest absolute Gasteiger partial charge is 0.493 e. The summed E-state index contributed by atoms with van der Waals surface area (Å²) < 4.78 is 5.62. The Labute approximate surface area is 150 Å². The van der Waals surface area contributed by atoms with E-state index in [-0.39, 0.29) is 5.91 Å². The number of carbonyl (C=O) groups excluding carboxylic acids is 1. The number of benzene rings is 2. The van der Waals surface area contributed by atoms with E-state index in [9.17, 15) is 4.79 Å². The fourth-order valence-electron chi connectivity index (χ4n) is 3.09. The molecule has 4 heteroatoms. The molecule has 0 bridgehead atoms. The van der Waals surface area contributed by atoms with Crippen molar-refractivity contribution in [2.75, 3.05) is 37.7 Å². The minimum Gasteiger partial charge on any atom is -0.493 e. The summed E-state index contributed by atoms with van der Waals surface area (Å²) in [4.78, 5) is 16.6. The molecule has 4 nitrogen and oxygen atoms in total. The van der Waals surface area contributed by atoms with Gasteiger partial charge in [0.15, 0.2) is 0 Å². The molecule has 0 radical (unpaired) electrons. The molecular weight excluding hydrogens is 312 g/mol. The maximum atomic E-state index is 12.3. The van der Waals surface area contributed by atoms with E-state index in [1.54, 1.807) is 0 Å². The molecular formula is C21H26N2O2. The maximum absolute atomic E-state index is 12.3. The fraction of sp³-hybridized carbons (Fsp3) is 0.381. The third-order valence-corrected chi connectivity index (χ3v) is 4.67. The second-order valence-corrected chi connectivity index (χ2v) is 6.30. The van der Waals surface area contributed by atoms with Gasteiger partial charge >= 0.3 is 0 Å². The van der Waals surface area contributed by atoms with Crippen LogP contribution in [0.4, 0.5) is 5.69 Å². The Bertz CT molecular complexity index is 662. The molecule has 3 rings (SSSR count). The fourth-order valence-corrected chi connectivity index (χ4v) is 3.09. The number of amides is 1. The molecule has 0 aliphatic carbocycles. The number of aryl methyl sites for hydroxylation is 1. The predicted molar refractivity (Wildman–Crippen MR) is 101 cm³/mol. The highest BCUT2D eigenvalue weighted by molar-refractivity contribution is 5.76. The van der Waals surface area contributed by atoms with E-state index in [1.807, 2.05) is 35.2 Å². The van der Waals surface area contributed by atoms with E-state index in [1.165, 1.54) is 11.3 Å². The molecule has 1 aliphatic heterocycles. The Morgan fingerprint density at radius 3 is 2.28 bits per heavy atom. The van der Waals surface area contributed by atoms with Gasteiger partial charge in [-0.05, 0) is 36.2 Å². The molecule has 1 aliphatic rings. The van der Waals surface area contributed by atoms with Crippen LogP contribution in [0.2, 0.25) is 0 Å². The summed E-state index contributed by atoms with van der Waals surface area (Å²) in [5.74, 6) is 0.993. The number of piperazine rings is 1. The van der Waals surface area contributed by atoms with Crippen molar-refractivity contribution >= 4 is 11.6 Å². The lowest BCUT2D eigenvalue weighted by Gasteiger charge is -2.36. The second-order valence-electron chi connectivity index (χ2n) is 6.30. The highest BCUT2D eigenvalue weighted by Crippen LogP contribution is 2.18. The first-order valence-corrected chi connectivity index (χ1v) is 9.06. The van der Waals surface area contributed by atoms with Crippen molar-refractivity contribution in [3.63, 3.8) is 0 Å². The van der Waals surface area contributed by atoms with Crippen molar-refractivity contribution in [3.05, 3.63) is 60.2 Å². The van der Waals surface area contributed by atoms with Gasteiger partial charge in [-0.3, -0.25) is 4.79 Å². The van der Waals surface area contributed by atoms with Crippen LogP contribution in [0.5, 0.6) is 5.75 Å². The zero-order valence-corrected chi connectivity index (χ0v) is 14.9. The number of carbonyl (C=O) groups is 1. The number of para-hydroxylation sites is 1. The predicted octanol–water partition coefficient (Wildman–Crippen LogP) is 3.37. The smallest absolute Gasteiger partial charge is 0.226 e. The summed E-state index contributed by atoms with van der Waals surface area (Å²) in [6.45, 7) is 5.93. The van der Waals surface area contributed by atoms with E-state index in [2.05, 4.69) is 36.1 Å². The van der Waals surface area contributed by atoms with E-state index in [0.29, 0.717) is 13.0 Å². The Kier molecular flexibility index (Phi) is 5.94. The quantitative estimate of drug-likeness (QED) is 0.810. The highest BCUT2D eigenvalue weighted by atomic mass is 16.5. The van der Waals surface area contributed by atoms with Crippen molar-refractivity contribution in [2.45, 2.75) is 19.8 Å². The SMILES string of the molecule is CCc1ccc(N2CCN(C(=O)CCOc3ccccc3)CC2)cc1. The molecule has 0 spiro atoms.